The van der Waals surface area contributed by atoms with Crippen molar-refractivity contribution < 1.29 is 9.53 Å². The fraction of sp³-hybridized carbons (Fsp3) is 0.350. The van der Waals surface area contributed by atoms with Crippen LogP contribution in [0.25, 0.3) is 0 Å². The van der Waals surface area contributed by atoms with Gasteiger partial charge >= 0.3 is 0 Å². The molecule has 0 aliphatic carbocycles. The number of carbonyl (C=O) groups excluding carboxylic acids is 1. The van der Waals surface area contributed by atoms with Crippen molar-refractivity contribution in [2.75, 3.05) is 24.6 Å². The number of nitrogen functional groups attached to an aromatic ring is 2. The van der Waals surface area contributed by atoms with E-state index in [1.165, 1.54) is 0 Å². The van der Waals surface area contributed by atoms with Crippen LogP contribution in [-0.4, -0.2) is 60.5 Å². The molecule has 3 aromatic rings. The highest BCUT2D eigenvalue weighted by atomic mass is 35.5. The molecule has 188 valence electrons. The van der Waals surface area contributed by atoms with E-state index >= 15 is 0 Å². The van der Waals surface area contributed by atoms with Crippen LogP contribution in [0.5, 0.6) is 5.75 Å². The Hall–Kier alpha value is -3.71. The number of nitrogens with one attached hydrogen (secondary N) is 2. The average Bonchev–Trinajstić information content (AvgIpc) is 3.33. The number of amides is 1. The van der Waals surface area contributed by atoms with Crippen LogP contribution in [0.4, 0.5) is 11.6 Å². The molecule has 15 heteroatoms. The van der Waals surface area contributed by atoms with Gasteiger partial charge in [-0.3, -0.25) is 15.1 Å². The molecule has 8 N–H and O–H groups in total. The summed E-state index contributed by atoms with van der Waals surface area (Å²) in [5.41, 5.74) is 17.8. The number of hydrogen-bond donors (Lipinski definition) is 5. The minimum absolute atomic E-state index is 0. The van der Waals surface area contributed by atoms with Gasteiger partial charge in [-0.15, -0.1) is 17.5 Å². The summed E-state index contributed by atoms with van der Waals surface area (Å²) in [6, 6.07) is 7.83. The highest BCUT2D eigenvalue weighted by molar-refractivity contribution is 6.31. The van der Waals surface area contributed by atoms with Gasteiger partial charge in [0.1, 0.15) is 11.6 Å². The number of anilines is 2. The maximum Gasteiger partial charge on any atom is 0.283 e. The largest absolute Gasteiger partial charge is 0.494 e. The molecule has 0 atom stereocenters. The molecule has 0 saturated heterocycles. The van der Waals surface area contributed by atoms with Gasteiger partial charge < -0.3 is 21.9 Å². The van der Waals surface area contributed by atoms with E-state index in [1.54, 1.807) is 0 Å². The standard InChI is InChI=1S/C20H26ClN11O2.ClH/c21-16-18(23)27-17(22)15(26-16)19(33)32(20(24)25)10-2-1-4-12-6-8-13(9-7-12)34-11-3-5-14-28-30-31-29-14;/h6-9H,1-5,10-11H2,(H3,24,25)(H4,22,23,27)(H,28,29,30,31);1H. The number of benzene rings is 1. The summed E-state index contributed by atoms with van der Waals surface area (Å²) in [5.74, 6) is 0.202. The Morgan fingerprint density at radius 1 is 1.09 bits per heavy atom. The number of nitrogens with zero attached hydrogens (tertiary/aromatic N) is 6. The Morgan fingerprint density at radius 2 is 1.83 bits per heavy atom. The third kappa shape index (κ3) is 7.93. The molecule has 0 unspecified atom stereocenters. The van der Waals surface area contributed by atoms with Crippen LogP contribution in [0.15, 0.2) is 24.3 Å². The summed E-state index contributed by atoms with van der Waals surface area (Å²) < 4.78 is 5.73. The van der Waals surface area contributed by atoms with Crippen LogP contribution in [0, 0.1) is 5.41 Å². The molecular formula is C20H27Cl2N11O2. The number of carbonyl (C=O) groups is 1. The zero-order valence-corrected chi connectivity index (χ0v) is 20.3. The third-order valence-corrected chi connectivity index (χ3v) is 5.16. The first-order valence-corrected chi connectivity index (χ1v) is 10.9. The lowest BCUT2D eigenvalue weighted by atomic mass is 10.1. The molecule has 0 spiro atoms. The Morgan fingerprint density at radius 3 is 2.49 bits per heavy atom. The van der Waals surface area contributed by atoms with Crippen LogP contribution >= 0.6 is 24.0 Å². The van der Waals surface area contributed by atoms with E-state index in [-0.39, 0.29) is 41.4 Å². The van der Waals surface area contributed by atoms with Crippen LogP contribution in [0.3, 0.4) is 0 Å². The molecule has 0 radical (unpaired) electrons. The van der Waals surface area contributed by atoms with E-state index in [0.717, 1.165) is 47.7 Å². The van der Waals surface area contributed by atoms with Gasteiger partial charge in [0.2, 0.25) is 0 Å². The summed E-state index contributed by atoms with van der Waals surface area (Å²) in [7, 11) is 0. The van der Waals surface area contributed by atoms with E-state index in [2.05, 4.69) is 30.6 Å². The Kier molecular flexibility index (Phi) is 10.4. The second-order valence-corrected chi connectivity index (χ2v) is 7.73. The number of rotatable bonds is 11. The first-order valence-electron chi connectivity index (χ1n) is 10.5. The van der Waals surface area contributed by atoms with Crippen molar-refractivity contribution in [3.63, 3.8) is 0 Å². The molecule has 0 saturated carbocycles. The number of aromatic amines is 1. The number of ether oxygens (including phenoxy) is 1. The van der Waals surface area contributed by atoms with Crippen molar-refractivity contribution in [3.05, 3.63) is 46.5 Å². The number of hydrogen-bond acceptors (Lipinski definition) is 10. The molecular weight excluding hydrogens is 497 g/mol. The van der Waals surface area contributed by atoms with Crippen molar-refractivity contribution in [1.29, 1.82) is 5.41 Å². The molecule has 1 amide bonds. The van der Waals surface area contributed by atoms with Gasteiger partial charge in [-0.1, -0.05) is 23.7 Å². The van der Waals surface area contributed by atoms with Crippen LogP contribution in [0.2, 0.25) is 5.15 Å². The molecule has 0 aliphatic rings. The summed E-state index contributed by atoms with van der Waals surface area (Å²) in [5, 5.41) is 21.2. The number of unbranched alkanes of at least 4 members (excludes halogenated alkanes) is 1. The maximum absolute atomic E-state index is 12.7. The number of halogens is 2. The fourth-order valence-electron chi connectivity index (χ4n) is 3.12. The Balaban J connectivity index is 0.00000432. The topological polar surface area (TPSA) is 212 Å². The van der Waals surface area contributed by atoms with Gasteiger partial charge in [0.05, 0.1) is 6.61 Å². The maximum atomic E-state index is 12.7. The van der Waals surface area contributed by atoms with Gasteiger partial charge in [-0.05, 0) is 53.8 Å². The number of aryl methyl sites for hydroxylation is 2. The van der Waals surface area contributed by atoms with E-state index in [9.17, 15) is 4.79 Å². The lowest BCUT2D eigenvalue weighted by Crippen LogP contribution is -2.42. The zero-order chi connectivity index (χ0) is 24.5. The molecule has 13 nitrogen and oxygen atoms in total. The number of guanidine groups is 1. The predicted molar refractivity (Wildman–Crippen MR) is 133 cm³/mol. The van der Waals surface area contributed by atoms with E-state index in [1.807, 2.05) is 24.3 Å². The van der Waals surface area contributed by atoms with Crippen molar-refractivity contribution in [2.24, 2.45) is 5.73 Å². The smallest absolute Gasteiger partial charge is 0.283 e. The van der Waals surface area contributed by atoms with Gasteiger partial charge in [0.15, 0.2) is 28.4 Å². The second-order valence-electron chi connectivity index (χ2n) is 7.38. The molecule has 0 fully saturated rings. The predicted octanol–water partition coefficient (Wildman–Crippen LogP) is 1.60. The SMILES string of the molecule is Cl.N=C(N)N(CCCCc1ccc(OCCCc2nnn[nH]2)cc1)C(=O)c1nc(Cl)c(N)nc1N. The number of tetrazole rings is 1. The lowest BCUT2D eigenvalue weighted by molar-refractivity contribution is 0.0838. The normalized spacial score (nSPS) is 10.4. The third-order valence-electron chi connectivity index (χ3n) is 4.88. The van der Waals surface area contributed by atoms with Gasteiger partial charge in [0.25, 0.3) is 5.91 Å². The first kappa shape index (κ1) is 27.5. The summed E-state index contributed by atoms with van der Waals surface area (Å²) >= 11 is 5.85. The molecule has 1 aromatic carbocycles. The van der Waals surface area contributed by atoms with Crippen molar-refractivity contribution in [2.45, 2.75) is 32.1 Å². The van der Waals surface area contributed by atoms with E-state index < -0.39 is 11.9 Å². The highest BCUT2D eigenvalue weighted by Gasteiger charge is 2.23. The molecule has 0 aliphatic heterocycles. The summed E-state index contributed by atoms with van der Waals surface area (Å²) in [4.78, 5) is 21.5. The lowest BCUT2D eigenvalue weighted by Gasteiger charge is -2.20. The van der Waals surface area contributed by atoms with Crippen molar-refractivity contribution >= 4 is 47.5 Å². The van der Waals surface area contributed by atoms with Gasteiger partial charge in [-0.2, -0.15) is 0 Å². The fourth-order valence-corrected chi connectivity index (χ4v) is 3.25. The molecule has 35 heavy (non-hydrogen) atoms. The molecule has 2 aromatic heterocycles. The van der Waals surface area contributed by atoms with Crippen LogP contribution < -0.4 is 21.9 Å². The first-order chi connectivity index (χ1) is 16.3. The number of H-pyrrole nitrogens is 1. The van der Waals surface area contributed by atoms with Crippen molar-refractivity contribution in [1.82, 2.24) is 35.5 Å². The van der Waals surface area contributed by atoms with E-state index in [4.69, 9.17) is 38.9 Å². The Labute approximate surface area is 212 Å². The van der Waals surface area contributed by atoms with Gasteiger partial charge in [0, 0.05) is 13.0 Å². The van der Waals surface area contributed by atoms with Crippen LogP contribution in [-0.2, 0) is 12.8 Å². The average molecular weight is 524 g/mol. The van der Waals surface area contributed by atoms with Gasteiger partial charge in [-0.25, -0.2) is 15.1 Å². The van der Waals surface area contributed by atoms with E-state index in [0.29, 0.717) is 13.0 Å². The monoisotopic (exact) mass is 523 g/mol. The highest BCUT2D eigenvalue weighted by Crippen LogP contribution is 2.19. The summed E-state index contributed by atoms with van der Waals surface area (Å²) in [6.45, 7) is 0.780. The molecule has 2 heterocycles. The van der Waals surface area contributed by atoms with Crippen LogP contribution in [0.1, 0.15) is 41.1 Å². The number of nitrogens with two attached hydrogens (primary N) is 3. The van der Waals surface area contributed by atoms with Crippen molar-refractivity contribution in [3.8, 4) is 5.75 Å². The Bertz CT molecular complexity index is 1110. The molecule has 0 bridgehead atoms. The summed E-state index contributed by atoms with van der Waals surface area (Å²) in [6.07, 6.45) is 3.68. The quantitative estimate of drug-likeness (QED) is 0.139. The number of aromatic nitrogens is 6. The molecule has 3 rings (SSSR count). The minimum Gasteiger partial charge on any atom is -0.494 e. The zero-order valence-electron chi connectivity index (χ0n) is 18.8. The minimum atomic E-state index is -0.652. The second kappa shape index (κ2) is 13.2.